The van der Waals surface area contributed by atoms with Crippen molar-refractivity contribution in [2.45, 2.75) is 77.7 Å². The molecule has 0 fully saturated rings. The Bertz CT molecular complexity index is 154. The van der Waals surface area contributed by atoms with Gasteiger partial charge in [-0.1, -0.05) is 58.4 Å². The van der Waals surface area contributed by atoms with Crippen LogP contribution >= 0.6 is 0 Å². The molecule has 0 amide bonds. The summed E-state index contributed by atoms with van der Waals surface area (Å²) in [7, 11) is 0. The van der Waals surface area contributed by atoms with E-state index in [2.05, 4.69) is 20.4 Å². The molecule has 0 aromatic heterocycles. The summed E-state index contributed by atoms with van der Waals surface area (Å²) in [5, 5.41) is 10.1. The van der Waals surface area contributed by atoms with Gasteiger partial charge in [-0.3, -0.25) is 0 Å². The van der Waals surface area contributed by atoms with Crippen LogP contribution in [0.1, 0.15) is 71.6 Å². The second kappa shape index (κ2) is 11.2. The van der Waals surface area contributed by atoms with E-state index in [1.165, 1.54) is 38.5 Å². The summed E-state index contributed by atoms with van der Waals surface area (Å²) in [6.07, 6.45) is 12.4. The van der Waals surface area contributed by atoms with E-state index >= 15 is 0 Å². The van der Waals surface area contributed by atoms with Crippen LogP contribution in [-0.4, -0.2) is 11.2 Å². The van der Waals surface area contributed by atoms with Crippen molar-refractivity contribution in [1.82, 2.24) is 0 Å². The lowest BCUT2D eigenvalue weighted by Gasteiger charge is -2.21. The molecule has 1 heteroatoms. The zero-order valence-corrected chi connectivity index (χ0v) is 11.3. The molecule has 1 N–H and O–H groups in total. The summed E-state index contributed by atoms with van der Waals surface area (Å²) in [6, 6.07) is 0. The molecular formula is C15H30O. The van der Waals surface area contributed by atoms with E-state index in [1.54, 1.807) is 0 Å². The van der Waals surface area contributed by atoms with Crippen molar-refractivity contribution in [3.05, 3.63) is 12.7 Å². The highest BCUT2D eigenvalue weighted by molar-refractivity contribution is 4.78. The molecule has 1 nitrogen and oxygen atoms in total. The number of hydrogen-bond acceptors (Lipinski definition) is 1. The van der Waals surface area contributed by atoms with Gasteiger partial charge in [0.2, 0.25) is 0 Å². The SMILES string of the molecule is C=CC[C@@H](CCCCC)[C@@H](O)CCCCC. The van der Waals surface area contributed by atoms with Crippen LogP contribution in [-0.2, 0) is 0 Å². The van der Waals surface area contributed by atoms with Crippen molar-refractivity contribution in [3.8, 4) is 0 Å². The van der Waals surface area contributed by atoms with Gasteiger partial charge in [-0.25, -0.2) is 0 Å². The van der Waals surface area contributed by atoms with Crippen molar-refractivity contribution in [3.63, 3.8) is 0 Å². The van der Waals surface area contributed by atoms with Gasteiger partial charge < -0.3 is 5.11 Å². The number of aliphatic hydroxyl groups excluding tert-OH is 1. The first-order valence-electron chi connectivity index (χ1n) is 7.05. The predicted molar refractivity (Wildman–Crippen MR) is 72.6 cm³/mol. The normalized spacial score (nSPS) is 14.7. The molecule has 0 aliphatic carbocycles. The molecule has 0 heterocycles. The molecular weight excluding hydrogens is 196 g/mol. The summed E-state index contributed by atoms with van der Waals surface area (Å²) in [6.45, 7) is 8.22. The van der Waals surface area contributed by atoms with Gasteiger partial charge >= 0.3 is 0 Å². The molecule has 0 spiro atoms. The Balaban J connectivity index is 3.81. The first-order chi connectivity index (χ1) is 7.76. The molecule has 0 bridgehead atoms. The van der Waals surface area contributed by atoms with Gasteiger partial charge in [0.05, 0.1) is 6.10 Å². The number of hydrogen-bond donors (Lipinski definition) is 1. The summed E-state index contributed by atoms with van der Waals surface area (Å²) in [4.78, 5) is 0. The molecule has 0 aromatic carbocycles. The Labute approximate surface area is 102 Å². The maximum absolute atomic E-state index is 10.1. The average Bonchev–Trinajstić information content (AvgIpc) is 2.28. The number of allylic oxidation sites excluding steroid dienone is 1. The van der Waals surface area contributed by atoms with Crippen molar-refractivity contribution in [2.24, 2.45) is 5.92 Å². The van der Waals surface area contributed by atoms with Crippen LogP contribution in [0.25, 0.3) is 0 Å². The van der Waals surface area contributed by atoms with E-state index in [0.717, 1.165) is 19.3 Å². The third-order valence-electron chi connectivity index (χ3n) is 3.30. The first-order valence-corrected chi connectivity index (χ1v) is 7.05. The molecule has 0 aliphatic heterocycles. The van der Waals surface area contributed by atoms with Crippen LogP contribution in [0.4, 0.5) is 0 Å². The minimum atomic E-state index is -0.110. The molecule has 0 rings (SSSR count). The third-order valence-corrected chi connectivity index (χ3v) is 3.30. The highest BCUT2D eigenvalue weighted by atomic mass is 16.3. The van der Waals surface area contributed by atoms with Gasteiger partial charge in [0.1, 0.15) is 0 Å². The molecule has 2 atom stereocenters. The standard InChI is InChI=1S/C15H30O/c1-4-7-9-12-14(11-6-3)15(16)13-10-8-5-2/h6,14-16H,3-5,7-13H2,1-2H3/t14-,15-/m0/s1. The topological polar surface area (TPSA) is 20.2 Å². The van der Waals surface area contributed by atoms with Gasteiger partial charge in [-0.15, -0.1) is 6.58 Å². The van der Waals surface area contributed by atoms with Crippen LogP contribution in [0.3, 0.4) is 0 Å². The van der Waals surface area contributed by atoms with Gasteiger partial charge in [-0.05, 0) is 25.2 Å². The molecule has 0 aromatic rings. The Morgan fingerprint density at radius 1 is 1.00 bits per heavy atom. The molecule has 0 aliphatic rings. The summed E-state index contributed by atoms with van der Waals surface area (Å²) >= 11 is 0. The van der Waals surface area contributed by atoms with Crippen molar-refractivity contribution >= 4 is 0 Å². The molecule has 0 saturated heterocycles. The van der Waals surface area contributed by atoms with Crippen molar-refractivity contribution in [2.75, 3.05) is 0 Å². The zero-order chi connectivity index (χ0) is 12.2. The first kappa shape index (κ1) is 15.7. The number of unbranched alkanes of at least 4 members (excludes halogenated alkanes) is 4. The average molecular weight is 226 g/mol. The van der Waals surface area contributed by atoms with E-state index in [4.69, 9.17) is 0 Å². The zero-order valence-electron chi connectivity index (χ0n) is 11.3. The minimum Gasteiger partial charge on any atom is -0.393 e. The monoisotopic (exact) mass is 226 g/mol. The van der Waals surface area contributed by atoms with Crippen LogP contribution < -0.4 is 0 Å². The summed E-state index contributed by atoms with van der Waals surface area (Å²) < 4.78 is 0. The number of rotatable bonds is 11. The molecule has 16 heavy (non-hydrogen) atoms. The van der Waals surface area contributed by atoms with E-state index in [9.17, 15) is 5.11 Å². The lowest BCUT2D eigenvalue weighted by Crippen LogP contribution is -2.20. The second-order valence-corrected chi connectivity index (χ2v) is 4.84. The van der Waals surface area contributed by atoms with Crippen LogP contribution in [0.2, 0.25) is 0 Å². The van der Waals surface area contributed by atoms with E-state index in [-0.39, 0.29) is 6.10 Å². The lowest BCUT2D eigenvalue weighted by molar-refractivity contribution is 0.0909. The van der Waals surface area contributed by atoms with E-state index in [0.29, 0.717) is 5.92 Å². The Hall–Kier alpha value is -0.300. The lowest BCUT2D eigenvalue weighted by atomic mass is 9.89. The predicted octanol–water partition coefficient (Wildman–Crippen LogP) is 4.70. The van der Waals surface area contributed by atoms with Crippen molar-refractivity contribution < 1.29 is 5.11 Å². The highest BCUT2D eigenvalue weighted by Gasteiger charge is 2.16. The molecule has 0 radical (unpaired) electrons. The summed E-state index contributed by atoms with van der Waals surface area (Å²) in [5.41, 5.74) is 0. The third kappa shape index (κ3) is 7.92. The second-order valence-electron chi connectivity index (χ2n) is 4.84. The fourth-order valence-corrected chi connectivity index (χ4v) is 2.18. The highest BCUT2D eigenvalue weighted by Crippen LogP contribution is 2.22. The fraction of sp³-hybridized carbons (Fsp3) is 0.867. The summed E-state index contributed by atoms with van der Waals surface area (Å²) in [5.74, 6) is 0.445. The van der Waals surface area contributed by atoms with Crippen molar-refractivity contribution in [1.29, 1.82) is 0 Å². The Kier molecular flexibility index (Phi) is 11.0. The quantitative estimate of drug-likeness (QED) is 0.400. The van der Waals surface area contributed by atoms with Gasteiger partial charge in [0.25, 0.3) is 0 Å². The molecule has 96 valence electrons. The smallest absolute Gasteiger partial charge is 0.0571 e. The van der Waals surface area contributed by atoms with Crippen LogP contribution in [0, 0.1) is 5.92 Å². The minimum absolute atomic E-state index is 0.110. The maximum Gasteiger partial charge on any atom is 0.0571 e. The van der Waals surface area contributed by atoms with E-state index < -0.39 is 0 Å². The Morgan fingerprint density at radius 2 is 1.56 bits per heavy atom. The van der Waals surface area contributed by atoms with Gasteiger partial charge in [0, 0.05) is 0 Å². The fourth-order valence-electron chi connectivity index (χ4n) is 2.18. The van der Waals surface area contributed by atoms with Crippen LogP contribution in [0.15, 0.2) is 12.7 Å². The number of aliphatic hydroxyl groups is 1. The largest absolute Gasteiger partial charge is 0.393 e. The maximum atomic E-state index is 10.1. The Morgan fingerprint density at radius 3 is 2.06 bits per heavy atom. The van der Waals surface area contributed by atoms with Gasteiger partial charge in [-0.2, -0.15) is 0 Å². The van der Waals surface area contributed by atoms with Crippen LogP contribution in [0.5, 0.6) is 0 Å². The molecule has 0 unspecified atom stereocenters. The van der Waals surface area contributed by atoms with E-state index in [1.807, 2.05) is 6.08 Å². The molecule has 0 saturated carbocycles. The van der Waals surface area contributed by atoms with Gasteiger partial charge in [0.15, 0.2) is 0 Å².